The number of methoxy groups -OCH3 is 1. The van der Waals surface area contributed by atoms with Gasteiger partial charge in [-0.3, -0.25) is 0 Å². The highest BCUT2D eigenvalue weighted by Crippen LogP contribution is 2.38. The van der Waals surface area contributed by atoms with E-state index in [1.54, 1.807) is 19.9 Å². The molecule has 16 heavy (non-hydrogen) atoms. The molecule has 0 fully saturated rings. The minimum absolute atomic E-state index is 0.0103. The maximum Gasteiger partial charge on any atom is 0.342 e. The Kier molecular flexibility index (Phi) is 4.01. The fourth-order valence-electron chi connectivity index (χ4n) is 1.35. The zero-order valence-electron chi connectivity index (χ0n) is 9.33. The summed E-state index contributed by atoms with van der Waals surface area (Å²) in [5.74, 6) is -0.580. The number of carbonyl (C=O) groups excluding carboxylic acids is 1. The highest BCUT2D eigenvalue weighted by molar-refractivity contribution is 6.34. The molecule has 0 radical (unpaired) electrons. The molecule has 1 aromatic carbocycles. The number of ether oxygens (including phenoxy) is 2. The summed E-state index contributed by atoms with van der Waals surface area (Å²) >= 11 is 5.83. The summed E-state index contributed by atoms with van der Waals surface area (Å²) in [6, 6.07) is 1.58. The van der Waals surface area contributed by atoms with Crippen LogP contribution in [-0.2, 0) is 4.74 Å². The van der Waals surface area contributed by atoms with E-state index < -0.39 is 5.97 Å². The maximum atomic E-state index is 11.6. The first-order valence-corrected chi connectivity index (χ1v) is 5.13. The lowest BCUT2D eigenvalue weighted by Gasteiger charge is -2.12. The summed E-state index contributed by atoms with van der Waals surface area (Å²) in [4.78, 5) is 11.6. The SMILES string of the molecule is CCOC(=O)c1c(C)cc(OC)c(Cl)c1O. The molecule has 0 aliphatic rings. The Bertz CT molecular complexity index is 415. The van der Waals surface area contributed by atoms with Gasteiger partial charge in [-0.25, -0.2) is 4.79 Å². The van der Waals surface area contributed by atoms with Crippen LogP contribution in [0.1, 0.15) is 22.8 Å². The number of halogens is 1. The number of phenolic OH excluding ortho intramolecular Hbond substituents is 1. The fourth-order valence-corrected chi connectivity index (χ4v) is 1.58. The second-order valence-corrected chi connectivity index (χ2v) is 3.53. The third kappa shape index (κ3) is 2.22. The van der Waals surface area contributed by atoms with E-state index in [0.29, 0.717) is 11.3 Å². The van der Waals surface area contributed by atoms with E-state index in [1.165, 1.54) is 7.11 Å². The van der Waals surface area contributed by atoms with Gasteiger partial charge >= 0.3 is 5.97 Å². The summed E-state index contributed by atoms with van der Waals surface area (Å²) in [7, 11) is 1.43. The monoisotopic (exact) mass is 244 g/mol. The first-order chi connectivity index (χ1) is 7.52. The van der Waals surface area contributed by atoms with Crippen LogP contribution in [0.2, 0.25) is 5.02 Å². The number of esters is 1. The van der Waals surface area contributed by atoms with E-state index in [4.69, 9.17) is 21.1 Å². The number of hydrogen-bond acceptors (Lipinski definition) is 4. The zero-order chi connectivity index (χ0) is 12.3. The van der Waals surface area contributed by atoms with Gasteiger partial charge in [-0.1, -0.05) is 11.6 Å². The highest BCUT2D eigenvalue weighted by atomic mass is 35.5. The van der Waals surface area contributed by atoms with Crippen LogP contribution in [0.25, 0.3) is 0 Å². The van der Waals surface area contributed by atoms with Gasteiger partial charge in [0.25, 0.3) is 0 Å². The van der Waals surface area contributed by atoms with Crippen LogP contribution in [0.4, 0.5) is 0 Å². The average Bonchev–Trinajstić information content (AvgIpc) is 2.24. The van der Waals surface area contributed by atoms with Gasteiger partial charge in [-0.05, 0) is 25.5 Å². The first kappa shape index (κ1) is 12.6. The minimum atomic E-state index is -0.595. The summed E-state index contributed by atoms with van der Waals surface area (Å²) in [6.07, 6.45) is 0. The van der Waals surface area contributed by atoms with Gasteiger partial charge in [0.1, 0.15) is 16.3 Å². The Hall–Kier alpha value is -1.42. The Morgan fingerprint density at radius 1 is 1.56 bits per heavy atom. The summed E-state index contributed by atoms with van der Waals surface area (Å²) < 4.78 is 9.78. The van der Waals surface area contributed by atoms with Crippen molar-refractivity contribution in [2.75, 3.05) is 13.7 Å². The van der Waals surface area contributed by atoms with Crippen molar-refractivity contribution in [1.29, 1.82) is 0 Å². The number of hydrogen-bond donors (Lipinski definition) is 1. The molecule has 0 heterocycles. The van der Waals surface area contributed by atoms with Crippen LogP contribution in [-0.4, -0.2) is 24.8 Å². The molecule has 0 aliphatic carbocycles. The van der Waals surface area contributed by atoms with Crippen LogP contribution >= 0.6 is 11.6 Å². The van der Waals surface area contributed by atoms with Crippen LogP contribution in [0.15, 0.2) is 6.07 Å². The third-order valence-electron chi connectivity index (χ3n) is 2.10. The predicted octanol–water partition coefficient (Wildman–Crippen LogP) is 2.54. The number of aromatic hydroxyl groups is 1. The second kappa shape index (κ2) is 5.07. The van der Waals surface area contributed by atoms with Crippen molar-refractivity contribution in [3.05, 3.63) is 22.2 Å². The van der Waals surface area contributed by atoms with Crippen molar-refractivity contribution in [1.82, 2.24) is 0 Å². The molecule has 5 heteroatoms. The molecule has 1 aromatic rings. The van der Waals surface area contributed by atoms with Crippen LogP contribution in [0.3, 0.4) is 0 Å². The summed E-state index contributed by atoms with van der Waals surface area (Å²) in [5.41, 5.74) is 0.629. The molecule has 1 rings (SSSR count). The topological polar surface area (TPSA) is 55.8 Å². The normalized spacial score (nSPS) is 10.0. The Morgan fingerprint density at radius 3 is 2.69 bits per heavy atom. The summed E-state index contributed by atoms with van der Waals surface area (Å²) in [5, 5.41) is 9.78. The van der Waals surface area contributed by atoms with E-state index in [0.717, 1.165) is 0 Å². The lowest BCUT2D eigenvalue weighted by atomic mass is 10.1. The van der Waals surface area contributed by atoms with Crippen molar-refractivity contribution in [2.24, 2.45) is 0 Å². The van der Waals surface area contributed by atoms with E-state index in [-0.39, 0.29) is 22.9 Å². The zero-order valence-corrected chi connectivity index (χ0v) is 10.1. The van der Waals surface area contributed by atoms with Gasteiger partial charge in [0.05, 0.1) is 13.7 Å². The fraction of sp³-hybridized carbons (Fsp3) is 0.364. The van der Waals surface area contributed by atoms with Gasteiger partial charge in [0.15, 0.2) is 5.75 Å². The quantitative estimate of drug-likeness (QED) is 0.831. The molecule has 1 N–H and O–H groups in total. The lowest BCUT2D eigenvalue weighted by molar-refractivity contribution is 0.0522. The number of carbonyl (C=O) groups is 1. The van der Waals surface area contributed by atoms with E-state index in [9.17, 15) is 9.90 Å². The molecule has 0 unspecified atom stereocenters. The van der Waals surface area contributed by atoms with Crippen LogP contribution < -0.4 is 4.74 Å². The standard InChI is InChI=1S/C11H13ClO4/c1-4-16-11(14)8-6(2)5-7(15-3)9(12)10(8)13/h5,13H,4H2,1-3H3. The smallest absolute Gasteiger partial charge is 0.342 e. The molecule has 88 valence electrons. The predicted molar refractivity (Wildman–Crippen MR) is 60.4 cm³/mol. The van der Waals surface area contributed by atoms with Crippen LogP contribution in [0.5, 0.6) is 11.5 Å². The molecule has 0 bridgehead atoms. The molecule has 4 nitrogen and oxygen atoms in total. The molecular weight excluding hydrogens is 232 g/mol. The van der Waals surface area contributed by atoms with E-state index >= 15 is 0 Å². The Morgan fingerprint density at radius 2 is 2.19 bits per heavy atom. The lowest BCUT2D eigenvalue weighted by Crippen LogP contribution is -2.07. The number of phenols is 1. The third-order valence-corrected chi connectivity index (χ3v) is 2.47. The second-order valence-electron chi connectivity index (χ2n) is 3.15. The number of rotatable bonds is 3. The molecule has 0 saturated carbocycles. The maximum absolute atomic E-state index is 11.6. The Labute approximate surface area is 98.7 Å². The minimum Gasteiger partial charge on any atom is -0.505 e. The molecule has 0 saturated heterocycles. The van der Waals surface area contributed by atoms with E-state index in [2.05, 4.69) is 0 Å². The average molecular weight is 245 g/mol. The highest BCUT2D eigenvalue weighted by Gasteiger charge is 2.21. The van der Waals surface area contributed by atoms with E-state index in [1.807, 2.05) is 0 Å². The first-order valence-electron chi connectivity index (χ1n) is 4.76. The van der Waals surface area contributed by atoms with Gasteiger partial charge in [0, 0.05) is 0 Å². The number of aryl methyl sites for hydroxylation is 1. The molecular formula is C11H13ClO4. The van der Waals surface area contributed by atoms with Crippen molar-refractivity contribution in [3.8, 4) is 11.5 Å². The van der Waals surface area contributed by atoms with Crippen molar-refractivity contribution < 1.29 is 19.4 Å². The van der Waals surface area contributed by atoms with Gasteiger partial charge in [0.2, 0.25) is 0 Å². The Balaban J connectivity index is 3.30. The molecule has 0 spiro atoms. The largest absolute Gasteiger partial charge is 0.505 e. The summed E-state index contributed by atoms with van der Waals surface area (Å²) in [6.45, 7) is 3.60. The van der Waals surface area contributed by atoms with Crippen molar-refractivity contribution in [2.45, 2.75) is 13.8 Å². The van der Waals surface area contributed by atoms with Gasteiger partial charge in [-0.2, -0.15) is 0 Å². The molecule has 0 aromatic heterocycles. The number of benzene rings is 1. The van der Waals surface area contributed by atoms with Crippen LogP contribution in [0, 0.1) is 6.92 Å². The van der Waals surface area contributed by atoms with Gasteiger partial charge < -0.3 is 14.6 Å². The van der Waals surface area contributed by atoms with Gasteiger partial charge in [-0.15, -0.1) is 0 Å². The van der Waals surface area contributed by atoms with Crippen molar-refractivity contribution >= 4 is 17.6 Å². The molecule has 0 atom stereocenters. The molecule has 0 aliphatic heterocycles. The molecule has 0 amide bonds. The van der Waals surface area contributed by atoms with Crippen molar-refractivity contribution in [3.63, 3.8) is 0 Å².